The average molecular weight is 275 g/mol. The second kappa shape index (κ2) is 5.60. The molecule has 0 aliphatic carbocycles. The van der Waals surface area contributed by atoms with Gasteiger partial charge in [0.25, 0.3) is 5.91 Å². The summed E-state index contributed by atoms with van der Waals surface area (Å²) in [5.74, 6) is -0.0324. The van der Waals surface area contributed by atoms with E-state index in [9.17, 15) is 4.79 Å². The topological polar surface area (TPSA) is 95.1 Å². The van der Waals surface area contributed by atoms with Crippen LogP contribution in [0.25, 0.3) is 0 Å². The number of amides is 1. The molecule has 7 heteroatoms. The number of anilines is 2. The zero-order chi connectivity index (χ0) is 14.7. The normalized spacial score (nSPS) is 10.6. The molecule has 0 aliphatic heterocycles. The van der Waals surface area contributed by atoms with Crippen LogP contribution in [0.3, 0.4) is 0 Å². The lowest BCUT2D eigenvalue weighted by Gasteiger charge is -2.13. The number of hydrogen-bond donors (Lipinski definition) is 2. The molecule has 2 heterocycles. The van der Waals surface area contributed by atoms with E-state index in [4.69, 9.17) is 10.5 Å². The van der Waals surface area contributed by atoms with E-state index in [1.165, 1.54) is 4.68 Å². The largest absolute Gasteiger partial charge is 0.473 e. The first kappa shape index (κ1) is 13.9. The number of hydrogen-bond acceptors (Lipinski definition) is 5. The molecule has 2 aromatic rings. The highest BCUT2D eigenvalue weighted by Crippen LogP contribution is 2.23. The lowest BCUT2D eigenvalue weighted by molar-refractivity contribution is 0.102. The van der Waals surface area contributed by atoms with E-state index in [0.29, 0.717) is 17.3 Å². The molecule has 0 saturated heterocycles. The second-order valence-electron chi connectivity index (χ2n) is 4.58. The molecule has 0 fully saturated rings. The van der Waals surface area contributed by atoms with E-state index in [1.807, 2.05) is 13.8 Å². The predicted octanol–water partition coefficient (Wildman–Crippen LogP) is 1.44. The van der Waals surface area contributed by atoms with Crippen molar-refractivity contribution < 1.29 is 9.53 Å². The molecule has 0 radical (unpaired) electrons. The van der Waals surface area contributed by atoms with Crippen molar-refractivity contribution in [3.8, 4) is 5.88 Å². The van der Waals surface area contributed by atoms with E-state index in [0.717, 1.165) is 0 Å². The summed E-state index contributed by atoms with van der Waals surface area (Å²) in [6.45, 7) is 3.77. The van der Waals surface area contributed by atoms with Gasteiger partial charge in [-0.3, -0.25) is 9.48 Å². The van der Waals surface area contributed by atoms with Crippen molar-refractivity contribution in [1.29, 1.82) is 0 Å². The molecule has 0 bridgehead atoms. The fraction of sp³-hybridized carbons (Fsp3) is 0.308. The van der Waals surface area contributed by atoms with Crippen LogP contribution in [0.1, 0.15) is 24.3 Å². The minimum absolute atomic E-state index is 0.0412. The van der Waals surface area contributed by atoms with Crippen molar-refractivity contribution in [2.24, 2.45) is 7.05 Å². The molecular weight excluding hydrogens is 258 g/mol. The molecule has 7 nitrogen and oxygen atoms in total. The SMILES string of the molecule is CC(C)Oc1ncccc1NC(=O)c1nn(C)cc1N. The number of rotatable bonds is 4. The molecule has 0 aliphatic rings. The number of nitrogens with zero attached hydrogens (tertiary/aromatic N) is 3. The summed E-state index contributed by atoms with van der Waals surface area (Å²) < 4.78 is 7.02. The first-order chi connectivity index (χ1) is 9.47. The standard InChI is InChI=1S/C13H17N5O2/c1-8(2)20-13-10(5-4-6-15-13)16-12(19)11-9(14)7-18(3)17-11/h4-8H,14H2,1-3H3,(H,16,19). The zero-order valence-corrected chi connectivity index (χ0v) is 11.6. The Hall–Kier alpha value is -2.57. The minimum atomic E-state index is -0.398. The summed E-state index contributed by atoms with van der Waals surface area (Å²) >= 11 is 0. The van der Waals surface area contributed by atoms with Crippen LogP contribution in [0.4, 0.5) is 11.4 Å². The van der Waals surface area contributed by atoms with Gasteiger partial charge in [-0.15, -0.1) is 0 Å². The Bertz CT molecular complexity index is 621. The summed E-state index contributed by atoms with van der Waals surface area (Å²) in [4.78, 5) is 16.2. The highest BCUT2D eigenvalue weighted by Gasteiger charge is 2.16. The van der Waals surface area contributed by atoms with Crippen LogP contribution < -0.4 is 15.8 Å². The molecule has 0 aromatic carbocycles. The Kier molecular flexibility index (Phi) is 3.88. The number of nitrogens with two attached hydrogens (primary N) is 1. The third kappa shape index (κ3) is 3.05. The van der Waals surface area contributed by atoms with Gasteiger partial charge in [0, 0.05) is 19.4 Å². The van der Waals surface area contributed by atoms with Crippen molar-refractivity contribution in [3.63, 3.8) is 0 Å². The molecule has 0 atom stereocenters. The molecule has 0 spiro atoms. The van der Waals surface area contributed by atoms with Gasteiger partial charge in [0.1, 0.15) is 5.69 Å². The van der Waals surface area contributed by atoms with Gasteiger partial charge in [0.2, 0.25) is 5.88 Å². The van der Waals surface area contributed by atoms with Gasteiger partial charge in [0.05, 0.1) is 11.8 Å². The lowest BCUT2D eigenvalue weighted by Crippen LogP contribution is -2.17. The molecule has 3 N–H and O–H groups in total. The number of aromatic nitrogens is 3. The summed E-state index contributed by atoms with van der Waals surface area (Å²) in [5.41, 5.74) is 6.70. The smallest absolute Gasteiger partial charge is 0.278 e. The van der Waals surface area contributed by atoms with Gasteiger partial charge in [-0.2, -0.15) is 5.10 Å². The maximum Gasteiger partial charge on any atom is 0.278 e. The van der Waals surface area contributed by atoms with Crippen molar-refractivity contribution in [2.75, 3.05) is 11.1 Å². The Labute approximate surface area is 116 Å². The van der Waals surface area contributed by atoms with Gasteiger partial charge in [0.15, 0.2) is 5.69 Å². The second-order valence-corrected chi connectivity index (χ2v) is 4.58. The van der Waals surface area contributed by atoms with E-state index < -0.39 is 5.91 Å². The number of nitrogen functional groups attached to an aromatic ring is 1. The molecule has 0 unspecified atom stereocenters. The van der Waals surface area contributed by atoms with Crippen LogP contribution >= 0.6 is 0 Å². The molecule has 1 amide bonds. The third-order valence-electron chi connectivity index (χ3n) is 2.44. The van der Waals surface area contributed by atoms with Gasteiger partial charge in [-0.1, -0.05) is 0 Å². The summed E-state index contributed by atoms with van der Waals surface area (Å²) in [5, 5.41) is 6.72. The summed E-state index contributed by atoms with van der Waals surface area (Å²) in [6.07, 6.45) is 3.13. The molecule has 0 saturated carbocycles. The first-order valence-corrected chi connectivity index (χ1v) is 6.19. The number of pyridine rings is 1. The first-order valence-electron chi connectivity index (χ1n) is 6.19. The van der Waals surface area contributed by atoms with Crippen LogP contribution in [0.5, 0.6) is 5.88 Å². The maximum absolute atomic E-state index is 12.1. The van der Waals surface area contributed by atoms with Crippen molar-refractivity contribution in [3.05, 3.63) is 30.2 Å². The quantitative estimate of drug-likeness (QED) is 0.880. The van der Waals surface area contributed by atoms with Crippen LogP contribution in [0.2, 0.25) is 0 Å². The summed E-state index contributed by atoms with van der Waals surface area (Å²) in [7, 11) is 1.70. The third-order valence-corrected chi connectivity index (χ3v) is 2.44. The number of nitrogens with one attached hydrogen (secondary N) is 1. The number of ether oxygens (including phenoxy) is 1. The van der Waals surface area contributed by atoms with Crippen molar-refractivity contribution >= 4 is 17.3 Å². The summed E-state index contributed by atoms with van der Waals surface area (Å²) in [6, 6.07) is 3.42. The Morgan fingerprint density at radius 2 is 2.25 bits per heavy atom. The fourth-order valence-corrected chi connectivity index (χ4v) is 1.67. The predicted molar refractivity (Wildman–Crippen MR) is 75.6 cm³/mol. The maximum atomic E-state index is 12.1. The van der Waals surface area contributed by atoms with E-state index >= 15 is 0 Å². The van der Waals surface area contributed by atoms with E-state index in [1.54, 1.807) is 31.6 Å². The fourth-order valence-electron chi connectivity index (χ4n) is 1.67. The number of carbonyl (C=O) groups is 1. The molecular formula is C13H17N5O2. The Morgan fingerprint density at radius 1 is 1.50 bits per heavy atom. The number of carbonyl (C=O) groups excluding carboxylic acids is 1. The van der Waals surface area contributed by atoms with E-state index in [2.05, 4.69) is 15.4 Å². The molecule has 106 valence electrons. The van der Waals surface area contributed by atoms with Crippen LogP contribution in [0.15, 0.2) is 24.5 Å². The lowest BCUT2D eigenvalue weighted by atomic mass is 10.3. The number of aryl methyl sites for hydroxylation is 1. The van der Waals surface area contributed by atoms with Gasteiger partial charge >= 0.3 is 0 Å². The van der Waals surface area contributed by atoms with E-state index in [-0.39, 0.29) is 11.8 Å². The Morgan fingerprint density at radius 3 is 2.85 bits per heavy atom. The molecule has 20 heavy (non-hydrogen) atoms. The average Bonchev–Trinajstić information content (AvgIpc) is 2.70. The van der Waals surface area contributed by atoms with Gasteiger partial charge in [-0.05, 0) is 26.0 Å². The van der Waals surface area contributed by atoms with Crippen LogP contribution in [0, 0.1) is 0 Å². The highest BCUT2D eigenvalue weighted by atomic mass is 16.5. The highest BCUT2D eigenvalue weighted by molar-refractivity contribution is 6.06. The van der Waals surface area contributed by atoms with Gasteiger partial charge < -0.3 is 15.8 Å². The monoisotopic (exact) mass is 275 g/mol. The Balaban J connectivity index is 2.22. The van der Waals surface area contributed by atoms with Crippen molar-refractivity contribution in [1.82, 2.24) is 14.8 Å². The zero-order valence-electron chi connectivity index (χ0n) is 11.6. The minimum Gasteiger partial charge on any atom is -0.473 e. The van der Waals surface area contributed by atoms with Gasteiger partial charge in [-0.25, -0.2) is 4.98 Å². The molecule has 2 aromatic heterocycles. The van der Waals surface area contributed by atoms with Crippen LogP contribution in [-0.2, 0) is 7.05 Å². The van der Waals surface area contributed by atoms with Crippen molar-refractivity contribution in [2.45, 2.75) is 20.0 Å². The van der Waals surface area contributed by atoms with Crippen LogP contribution in [-0.4, -0.2) is 26.8 Å². The molecule has 2 rings (SSSR count).